The fraction of sp³-hybridized carbons (Fsp3) is 0.310. The van der Waals surface area contributed by atoms with Crippen LogP contribution in [-0.2, 0) is 29.3 Å². The van der Waals surface area contributed by atoms with Crippen molar-refractivity contribution in [2.75, 3.05) is 40.1 Å². The number of carbonyl (C=O) groups is 2. The lowest BCUT2D eigenvalue weighted by Gasteiger charge is -2.34. The molecule has 1 fully saturated rings. The van der Waals surface area contributed by atoms with Gasteiger partial charge >= 0.3 is 11.9 Å². The molecule has 206 valence electrons. The van der Waals surface area contributed by atoms with Crippen LogP contribution >= 0.6 is 0 Å². The van der Waals surface area contributed by atoms with Gasteiger partial charge in [-0.25, -0.2) is 9.59 Å². The molecule has 3 aromatic rings. The van der Waals surface area contributed by atoms with Crippen LogP contribution in [0.2, 0.25) is 0 Å². The molecule has 10 heteroatoms. The van der Waals surface area contributed by atoms with Crippen molar-refractivity contribution in [1.29, 1.82) is 0 Å². The Labute approximate surface area is 226 Å². The third-order valence-electron chi connectivity index (χ3n) is 6.36. The van der Waals surface area contributed by atoms with Crippen LogP contribution in [-0.4, -0.2) is 72.0 Å². The number of nitrogens with zero attached hydrogens (tertiary/aromatic N) is 2. The zero-order chi connectivity index (χ0) is 27.6. The van der Waals surface area contributed by atoms with E-state index >= 15 is 0 Å². The van der Waals surface area contributed by atoms with E-state index in [-0.39, 0.29) is 0 Å². The number of fused-ring (bicyclic) bond motifs is 1. The molecule has 10 nitrogen and oxygen atoms in total. The summed E-state index contributed by atoms with van der Waals surface area (Å²) >= 11 is 0. The van der Waals surface area contributed by atoms with Crippen molar-refractivity contribution in [2.24, 2.45) is 0 Å². The molecule has 0 aliphatic carbocycles. The van der Waals surface area contributed by atoms with Gasteiger partial charge in [0.2, 0.25) is 6.79 Å². The first-order valence-corrected chi connectivity index (χ1v) is 12.5. The van der Waals surface area contributed by atoms with E-state index in [0.717, 1.165) is 67.8 Å². The Balaban J connectivity index is 0.000000531. The van der Waals surface area contributed by atoms with Crippen LogP contribution in [0, 0.1) is 0 Å². The predicted octanol–water partition coefficient (Wildman–Crippen LogP) is 3.48. The van der Waals surface area contributed by atoms with Gasteiger partial charge in [-0.05, 0) is 41.0 Å². The molecule has 0 spiro atoms. The van der Waals surface area contributed by atoms with E-state index in [2.05, 4.69) is 46.2 Å². The Hall–Kier alpha value is -4.28. The molecule has 0 radical (unpaired) electrons. The average molecular weight is 537 g/mol. The summed E-state index contributed by atoms with van der Waals surface area (Å²) in [5.41, 5.74) is 3.65. The summed E-state index contributed by atoms with van der Waals surface area (Å²) in [4.78, 5) is 23.2. The second-order valence-electron chi connectivity index (χ2n) is 9.11. The zero-order valence-corrected chi connectivity index (χ0v) is 21.7. The molecule has 0 saturated carbocycles. The van der Waals surface area contributed by atoms with Gasteiger partial charge in [-0.1, -0.05) is 42.5 Å². The van der Waals surface area contributed by atoms with E-state index in [9.17, 15) is 0 Å². The van der Waals surface area contributed by atoms with Crippen molar-refractivity contribution >= 4 is 11.9 Å². The minimum Gasteiger partial charge on any atom is -0.493 e. The van der Waals surface area contributed by atoms with Crippen molar-refractivity contribution in [1.82, 2.24) is 9.80 Å². The maximum Gasteiger partial charge on any atom is 0.414 e. The second-order valence-corrected chi connectivity index (χ2v) is 9.11. The van der Waals surface area contributed by atoms with Crippen LogP contribution in [0.25, 0.3) is 0 Å². The normalized spacial score (nSPS) is 14.7. The van der Waals surface area contributed by atoms with Gasteiger partial charge in [0.25, 0.3) is 0 Å². The minimum atomic E-state index is -1.82. The number of ether oxygens (including phenoxy) is 4. The molecule has 3 aromatic carbocycles. The number of piperazine rings is 1. The van der Waals surface area contributed by atoms with E-state index in [4.69, 9.17) is 38.7 Å². The molecule has 0 atom stereocenters. The number of hydrogen-bond donors (Lipinski definition) is 2. The lowest BCUT2D eigenvalue weighted by Crippen LogP contribution is -2.45. The molecule has 0 bridgehead atoms. The number of hydrogen-bond acceptors (Lipinski definition) is 8. The van der Waals surface area contributed by atoms with Crippen molar-refractivity contribution in [3.63, 3.8) is 0 Å². The lowest BCUT2D eigenvalue weighted by molar-refractivity contribution is -0.159. The Morgan fingerprint density at radius 3 is 1.95 bits per heavy atom. The van der Waals surface area contributed by atoms with Gasteiger partial charge in [0.15, 0.2) is 23.0 Å². The van der Waals surface area contributed by atoms with E-state index in [1.807, 2.05) is 30.3 Å². The van der Waals surface area contributed by atoms with Crippen LogP contribution < -0.4 is 18.9 Å². The van der Waals surface area contributed by atoms with Crippen molar-refractivity contribution in [2.45, 2.75) is 19.7 Å². The molecule has 1 saturated heterocycles. The standard InChI is InChI=1S/C27H30N2O4.C2H2O4/c1-30-24-9-7-22(15-26(24)31-19-21-5-3-2-4-6-21)17-28-11-13-29(14-12-28)18-23-8-10-25-27(16-23)33-20-32-25;3-1(4)2(5)6/h2-10,15-16H,11-14,17-20H2,1H3;(H,3,4)(H,5,6). The SMILES string of the molecule is COc1ccc(CN2CCN(Cc3ccc4c(c3)OCO4)CC2)cc1OCc1ccccc1.O=C(O)C(=O)O. The van der Waals surface area contributed by atoms with Crippen molar-refractivity contribution in [3.05, 3.63) is 83.4 Å². The summed E-state index contributed by atoms with van der Waals surface area (Å²) in [6.45, 7) is 6.85. The lowest BCUT2D eigenvalue weighted by atomic mass is 10.1. The van der Waals surface area contributed by atoms with Crippen LogP contribution in [0.15, 0.2) is 66.7 Å². The molecular formula is C29H32N2O8. The summed E-state index contributed by atoms with van der Waals surface area (Å²) in [5.74, 6) is -0.389. The highest BCUT2D eigenvalue weighted by Crippen LogP contribution is 2.33. The minimum absolute atomic E-state index is 0.321. The maximum atomic E-state index is 9.10. The van der Waals surface area contributed by atoms with Crippen molar-refractivity contribution in [3.8, 4) is 23.0 Å². The number of carboxylic acid groups (broad SMARTS) is 2. The fourth-order valence-electron chi connectivity index (χ4n) is 4.33. The Morgan fingerprint density at radius 1 is 0.744 bits per heavy atom. The van der Waals surface area contributed by atoms with Gasteiger partial charge in [0.1, 0.15) is 6.61 Å². The highest BCUT2D eigenvalue weighted by atomic mass is 16.7. The number of aliphatic carboxylic acids is 2. The van der Waals surface area contributed by atoms with Crippen LogP contribution in [0.3, 0.4) is 0 Å². The quantitative estimate of drug-likeness (QED) is 0.414. The fourth-order valence-corrected chi connectivity index (χ4v) is 4.33. The summed E-state index contributed by atoms with van der Waals surface area (Å²) in [6.07, 6.45) is 0. The molecule has 5 rings (SSSR count). The monoisotopic (exact) mass is 536 g/mol. The first-order chi connectivity index (χ1) is 18.9. The van der Waals surface area contributed by atoms with Gasteiger partial charge < -0.3 is 29.2 Å². The molecule has 0 aromatic heterocycles. The summed E-state index contributed by atoms with van der Waals surface area (Å²) in [7, 11) is 1.68. The third kappa shape index (κ3) is 8.10. The highest BCUT2D eigenvalue weighted by Gasteiger charge is 2.19. The predicted molar refractivity (Wildman–Crippen MR) is 142 cm³/mol. The van der Waals surface area contributed by atoms with Crippen molar-refractivity contribution < 1.29 is 38.7 Å². The first kappa shape index (κ1) is 27.7. The molecule has 0 unspecified atom stereocenters. The topological polar surface area (TPSA) is 118 Å². The molecular weight excluding hydrogens is 504 g/mol. The molecule has 0 amide bonds. The van der Waals surface area contributed by atoms with Gasteiger partial charge in [-0.2, -0.15) is 0 Å². The molecule has 39 heavy (non-hydrogen) atoms. The van der Waals surface area contributed by atoms with Crippen LogP contribution in [0.1, 0.15) is 16.7 Å². The van der Waals surface area contributed by atoms with Gasteiger partial charge in [0, 0.05) is 39.3 Å². The summed E-state index contributed by atoms with van der Waals surface area (Å²) < 4.78 is 22.5. The zero-order valence-electron chi connectivity index (χ0n) is 21.7. The van der Waals surface area contributed by atoms with E-state index in [0.29, 0.717) is 13.4 Å². The summed E-state index contributed by atoms with van der Waals surface area (Å²) in [5, 5.41) is 14.8. The maximum absolute atomic E-state index is 9.10. The Bertz CT molecular complexity index is 1250. The second kappa shape index (κ2) is 13.5. The number of benzene rings is 3. The van der Waals surface area contributed by atoms with Gasteiger partial charge in [-0.3, -0.25) is 9.80 Å². The number of rotatable bonds is 8. The van der Waals surface area contributed by atoms with E-state index in [1.54, 1.807) is 7.11 Å². The smallest absolute Gasteiger partial charge is 0.414 e. The average Bonchev–Trinajstić information content (AvgIpc) is 3.42. The van der Waals surface area contributed by atoms with Gasteiger partial charge in [0.05, 0.1) is 7.11 Å². The molecule has 2 N–H and O–H groups in total. The molecule has 2 aliphatic heterocycles. The number of carboxylic acids is 2. The Morgan fingerprint density at radius 2 is 1.33 bits per heavy atom. The largest absolute Gasteiger partial charge is 0.493 e. The molecule has 2 heterocycles. The third-order valence-corrected chi connectivity index (χ3v) is 6.36. The summed E-state index contributed by atoms with van der Waals surface area (Å²) in [6, 6.07) is 22.7. The highest BCUT2D eigenvalue weighted by molar-refractivity contribution is 6.27. The first-order valence-electron chi connectivity index (χ1n) is 12.5. The molecule has 2 aliphatic rings. The van der Waals surface area contributed by atoms with E-state index in [1.165, 1.54) is 11.1 Å². The Kier molecular flexibility index (Phi) is 9.60. The number of methoxy groups -OCH3 is 1. The van der Waals surface area contributed by atoms with Gasteiger partial charge in [-0.15, -0.1) is 0 Å². The van der Waals surface area contributed by atoms with Crippen LogP contribution in [0.4, 0.5) is 0 Å². The van der Waals surface area contributed by atoms with Crippen LogP contribution in [0.5, 0.6) is 23.0 Å². The van der Waals surface area contributed by atoms with E-state index < -0.39 is 11.9 Å².